The quantitative estimate of drug-likeness (QED) is 0.739. The Hall–Kier alpha value is -1.22. The molecule has 0 saturated heterocycles. The lowest BCUT2D eigenvalue weighted by molar-refractivity contribution is 0.621. The summed E-state index contributed by atoms with van der Waals surface area (Å²) in [7, 11) is 0. The van der Waals surface area contributed by atoms with Gasteiger partial charge in [0.2, 0.25) is 0 Å². The molecule has 2 aromatic carbocycles. The van der Waals surface area contributed by atoms with Crippen LogP contribution in [-0.2, 0) is 19.4 Å². The first kappa shape index (κ1) is 16.2. The van der Waals surface area contributed by atoms with E-state index >= 15 is 0 Å². The van der Waals surface area contributed by atoms with Crippen molar-refractivity contribution in [1.29, 1.82) is 0 Å². The first-order chi connectivity index (χ1) is 10.1. The topological polar surface area (TPSA) is 26.1 Å². The summed E-state index contributed by atoms with van der Waals surface area (Å²) >= 11 is 12.2. The van der Waals surface area contributed by atoms with Crippen molar-refractivity contribution in [2.75, 3.05) is 0 Å². The summed E-state index contributed by atoms with van der Waals surface area (Å²) in [6.07, 6.45) is 1.83. The van der Waals surface area contributed by atoms with Gasteiger partial charge >= 0.3 is 0 Å². The van der Waals surface area contributed by atoms with Crippen LogP contribution in [0, 0.1) is 0 Å². The van der Waals surface area contributed by atoms with Crippen molar-refractivity contribution < 1.29 is 0 Å². The molecule has 0 unspecified atom stereocenters. The fraction of sp³-hybridized carbons (Fsp3) is 0.294. The molecule has 0 aromatic heterocycles. The van der Waals surface area contributed by atoms with Gasteiger partial charge in [-0.05, 0) is 53.8 Å². The largest absolute Gasteiger partial charge is 0.209 e. The maximum atomic E-state index is 6.12. The molecule has 0 aliphatic rings. The lowest BCUT2D eigenvalue weighted by Gasteiger charge is -2.09. The fourth-order valence-electron chi connectivity index (χ4n) is 2.13. The summed E-state index contributed by atoms with van der Waals surface area (Å²) in [6, 6.07) is 11.9. The van der Waals surface area contributed by atoms with Crippen molar-refractivity contribution in [3.05, 3.63) is 63.1 Å². The van der Waals surface area contributed by atoms with Crippen LogP contribution in [0.15, 0.2) is 36.4 Å². The number of hydrogen-bond donors (Lipinski definition) is 1. The van der Waals surface area contributed by atoms with Crippen molar-refractivity contribution in [3.8, 4) is 0 Å². The van der Waals surface area contributed by atoms with E-state index in [1.807, 2.05) is 30.3 Å². The lowest BCUT2D eigenvalue weighted by Crippen LogP contribution is -2.20. The molecule has 111 valence electrons. The molecular formula is C17H19Cl2N2. The predicted molar refractivity (Wildman–Crippen MR) is 90.3 cm³/mol. The number of rotatable bonds is 6. The van der Waals surface area contributed by atoms with E-state index in [0.29, 0.717) is 6.54 Å². The van der Waals surface area contributed by atoms with E-state index in [9.17, 15) is 0 Å². The van der Waals surface area contributed by atoms with Gasteiger partial charge < -0.3 is 0 Å². The Balaban J connectivity index is 1.95. The van der Waals surface area contributed by atoms with Crippen molar-refractivity contribution in [3.63, 3.8) is 0 Å². The molecule has 2 aromatic rings. The van der Waals surface area contributed by atoms with E-state index in [-0.39, 0.29) is 0 Å². The van der Waals surface area contributed by atoms with Crippen molar-refractivity contribution in [2.45, 2.75) is 33.2 Å². The molecule has 4 heteroatoms. The summed E-state index contributed by atoms with van der Waals surface area (Å²) in [5, 5.41) is 1.62. The van der Waals surface area contributed by atoms with E-state index in [1.165, 1.54) is 5.56 Å². The van der Waals surface area contributed by atoms with Gasteiger partial charge in [-0.15, -0.1) is 0 Å². The molecular weight excluding hydrogens is 303 g/mol. The Morgan fingerprint density at radius 1 is 0.905 bits per heavy atom. The molecule has 1 N–H and O–H groups in total. The Morgan fingerprint density at radius 3 is 2.19 bits per heavy atom. The van der Waals surface area contributed by atoms with Gasteiger partial charge in [0.05, 0.1) is 5.69 Å². The van der Waals surface area contributed by atoms with Gasteiger partial charge in [0.15, 0.2) is 0 Å². The summed E-state index contributed by atoms with van der Waals surface area (Å²) in [5.74, 6) is 0. The van der Waals surface area contributed by atoms with Crippen LogP contribution < -0.4 is 10.9 Å². The van der Waals surface area contributed by atoms with Crippen LogP contribution in [-0.4, -0.2) is 0 Å². The number of benzene rings is 2. The molecule has 0 spiro atoms. The second kappa shape index (κ2) is 7.69. The van der Waals surface area contributed by atoms with Gasteiger partial charge in [0.1, 0.15) is 0 Å². The first-order valence-corrected chi connectivity index (χ1v) is 7.89. The van der Waals surface area contributed by atoms with E-state index in [1.54, 1.807) is 0 Å². The number of nitrogens with one attached hydrogen (secondary N) is 1. The molecule has 0 bridgehead atoms. The molecule has 0 saturated carbocycles. The van der Waals surface area contributed by atoms with Crippen LogP contribution in [0.2, 0.25) is 10.0 Å². The predicted octanol–water partition coefficient (Wildman–Crippen LogP) is 5.06. The SMILES string of the molecule is CCc1cc(CN[N]c2ccc(Cl)c(CC)c2)ccc1Cl. The minimum atomic E-state index is 0.675. The highest BCUT2D eigenvalue weighted by molar-refractivity contribution is 6.31. The molecule has 1 radical (unpaired) electrons. The monoisotopic (exact) mass is 321 g/mol. The Labute approximate surface area is 136 Å². The number of halogens is 2. The fourth-order valence-corrected chi connectivity index (χ4v) is 2.64. The van der Waals surface area contributed by atoms with Crippen LogP contribution in [0.25, 0.3) is 0 Å². The Bertz CT molecular complexity index is 558. The molecule has 0 fully saturated rings. The van der Waals surface area contributed by atoms with Gasteiger partial charge in [-0.1, -0.05) is 49.2 Å². The van der Waals surface area contributed by atoms with Gasteiger partial charge in [-0.3, -0.25) is 0 Å². The standard InChI is InChI=1S/C17H19Cl2N2/c1-3-13-9-12(5-7-16(13)18)11-20-21-15-6-8-17(19)14(4-2)10-15/h5-10,20H,3-4,11H2,1-2H3. The second-order valence-electron chi connectivity index (χ2n) is 4.86. The molecule has 0 aliphatic heterocycles. The third-order valence-electron chi connectivity index (χ3n) is 3.39. The normalized spacial score (nSPS) is 10.7. The van der Waals surface area contributed by atoms with E-state index < -0.39 is 0 Å². The maximum absolute atomic E-state index is 6.12. The van der Waals surface area contributed by atoms with Gasteiger partial charge in [0.25, 0.3) is 0 Å². The number of aryl methyl sites for hydroxylation is 2. The van der Waals surface area contributed by atoms with Crippen molar-refractivity contribution in [1.82, 2.24) is 10.9 Å². The smallest absolute Gasteiger partial charge is 0.0777 e. The van der Waals surface area contributed by atoms with E-state index in [0.717, 1.165) is 39.7 Å². The highest BCUT2D eigenvalue weighted by Crippen LogP contribution is 2.21. The Kier molecular flexibility index (Phi) is 5.92. The zero-order chi connectivity index (χ0) is 15.2. The molecule has 21 heavy (non-hydrogen) atoms. The molecule has 0 heterocycles. The third kappa shape index (κ3) is 4.37. The van der Waals surface area contributed by atoms with Crippen molar-refractivity contribution in [2.24, 2.45) is 0 Å². The maximum Gasteiger partial charge on any atom is 0.0777 e. The lowest BCUT2D eigenvalue weighted by atomic mass is 10.1. The highest BCUT2D eigenvalue weighted by Gasteiger charge is 2.03. The zero-order valence-corrected chi connectivity index (χ0v) is 13.8. The van der Waals surface area contributed by atoms with Crippen LogP contribution >= 0.6 is 23.2 Å². The molecule has 0 amide bonds. The van der Waals surface area contributed by atoms with E-state index in [2.05, 4.69) is 30.8 Å². The van der Waals surface area contributed by atoms with Crippen LogP contribution in [0.5, 0.6) is 0 Å². The Morgan fingerprint density at radius 2 is 1.52 bits per heavy atom. The second-order valence-corrected chi connectivity index (χ2v) is 5.67. The van der Waals surface area contributed by atoms with Gasteiger partial charge in [-0.2, -0.15) is 0 Å². The summed E-state index contributed by atoms with van der Waals surface area (Å²) in [6.45, 7) is 4.86. The molecule has 0 atom stereocenters. The van der Waals surface area contributed by atoms with Crippen LogP contribution in [0.4, 0.5) is 5.69 Å². The highest BCUT2D eigenvalue weighted by atomic mass is 35.5. The molecule has 2 nitrogen and oxygen atoms in total. The minimum absolute atomic E-state index is 0.675. The van der Waals surface area contributed by atoms with Crippen LogP contribution in [0.3, 0.4) is 0 Å². The van der Waals surface area contributed by atoms with E-state index in [4.69, 9.17) is 23.2 Å². The molecule has 2 rings (SSSR count). The van der Waals surface area contributed by atoms with Gasteiger partial charge in [-0.25, -0.2) is 10.9 Å². The zero-order valence-electron chi connectivity index (χ0n) is 12.3. The third-order valence-corrected chi connectivity index (χ3v) is 4.13. The van der Waals surface area contributed by atoms with Gasteiger partial charge in [0, 0.05) is 16.6 Å². The number of nitrogens with zero attached hydrogens (tertiary/aromatic N) is 1. The summed E-state index contributed by atoms with van der Waals surface area (Å²) in [5.41, 5.74) is 11.8. The minimum Gasteiger partial charge on any atom is -0.209 e. The molecule has 0 aliphatic carbocycles. The van der Waals surface area contributed by atoms with Crippen LogP contribution in [0.1, 0.15) is 30.5 Å². The average molecular weight is 322 g/mol. The van der Waals surface area contributed by atoms with Crippen molar-refractivity contribution >= 4 is 28.9 Å². The summed E-state index contributed by atoms with van der Waals surface area (Å²) in [4.78, 5) is 0. The summed E-state index contributed by atoms with van der Waals surface area (Å²) < 4.78 is 0. The first-order valence-electron chi connectivity index (χ1n) is 7.13. The average Bonchev–Trinajstić information content (AvgIpc) is 2.50. The number of hydrogen-bond acceptors (Lipinski definition) is 1.